The van der Waals surface area contributed by atoms with E-state index in [1.807, 2.05) is 38.1 Å². The van der Waals surface area contributed by atoms with Crippen LogP contribution in [0.15, 0.2) is 24.3 Å². The van der Waals surface area contributed by atoms with Crippen LogP contribution in [0.4, 0.5) is 5.69 Å². The first-order chi connectivity index (χ1) is 8.60. The predicted molar refractivity (Wildman–Crippen MR) is 72.9 cm³/mol. The van der Waals surface area contributed by atoms with Crippen LogP contribution < -0.4 is 10.2 Å². The van der Waals surface area contributed by atoms with E-state index in [2.05, 4.69) is 5.32 Å². The van der Waals surface area contributed by atoms with Gasteiger partial charge in [-0.1, -0.05) is 12.1 Å². The van der Waals surface area contributed by atoms with Crippen LogP contribution in [0.3, 0.4) is 0 Å². The molecule has 0 atom stereocenters. The van der Waals surface area contributed by atoms with Crippen LogP contribution in [0.2, 0.25) is 0 Å². The van der Waals surface area contributed by atoms with Crippen molar-refractivity contribution in [2.24, 2.45) is 0 Å². The van der Waals surface area contributed by atoms with Gasteiger partial charge in [0.15, 0.2) is 0 Å². The fourth-order valence-electron chi connectivity index (χ4n) is 1.60. The first kappa shape index (κ1) is 14.5. The summed E-state index contributed by atoms with van der Waals surface area (Å²) in [5.74, 6) is -0.900. The topological polar surface area (TPSA) is 49.4 Å². The second kappa shape index (κ2) is 7.01. The number of amides is 2. The van der Waals surface area contributed by atoms with Gasteiger partial charge >= 0.3 is 11.8 Å². The van der Waals surface area contributed by atoms with Gasteiger partial charge in [0.1, 0.15) is 0 Å². The Bertz CT molecular complexity index is 435. The van der Waals surface area contributed by atoms with Crippen molar-refractivity contribution in [3.05, 3.63) is 29.8 Å². The van der Waals surface area contributed by atoms with Gasteiger partial charge in [-0.15, -0.1) is 11.6 Å². The summed E-state index contributed by atoms with van der Waals surface area (Å²) >= 11 is 5.46. The van der Waals surface area contributed by atoms with Crippen molar-refractivity contribution >= 4 is 29.1 Å². The Kier molecular flexibility index (Phi) is 5.65. The van der Waals surface area contributed by atoms with Crippen molar-refractivity contribution < 1.29 is 9.59 Å². The molecule has 0 bridgehead atoms. The molecule has 5 heteroatoms. The molecule has 1 rings (SSSR count). The SMILES string of the molecule is CCN(C(=O)C(=O)NCCCl)c1cccc(C)c1. The van der Waals surface area contributed by atoms with E-state index < -0.39 is 11.8 Å². The standard InChI is InChI=1S/C13H17ClN2O2/c1-3-16(11-6-4-5-10(2)9-11)13(18)12(17)15-8-7-14/h4-6,9H,3,7-8H2,1-2H3,(H,15,17). The Labute approximate surface area is 112 Å². The van der Waals surface area contributed by atoms with E-state index in [0.29, 0.717) is 6.54 Å². The van der Waals surface area contributed by atoms with Crippen LogP contribution in [-0.2, 0) is 9.59 Å². The zero-order valence-corrected chi connectivity index (χ0v) is 11.3. The molecule has 0 heterocycles. The third-order valence-electron chi connectivity index (χ3n) is 2.45. The molecule has 0 radical (unpaired) electrons. The minimum Gasteiger partial charge on any atom is -0.347 e. The van der Waals surface area contributed by atoms with Gasteiger partial charge in [-0.3, -0.25) is 9.59 Å². The first-order valence-corrected chi connectivity index (χ1v) is 6.36. The summed E-state index contributed by atoms with van der Waals surface area (Å²) in [6.07, 6.45) is 0. The lowest BCUT2D eigenvalue weighted by atomic mass is 10.2. The molecule has 4 nitrogen and oxygen atoms in total. The van der Waals surface area contributed by atoms with Gasteiger partial charge in [0.25, 0.3) is 0 Å². The Morgan fingerprint density at radius 1 is 1.39 bits per heavy atom. The number of hydrogen-bond donors (Lipinski definition) is 1. The van der Waals surface area contributed by atoms with Crippen LogP contribution in [-0.4, -0.2) is 30.8 Å². The Hall–Kier alpha value is -1.55. The Morgan fingerprint density at radius 2 is 2.11 bits per heavy atom. The number of halogens is 1. The molecule has 0 fully saturated rings. The summed E-state index contributed by atoms with van der Waals surface area (Å²) in [5.41, 5.74) is 1.77. The number of nitrogens with one attached hydrogen (secondary N) is 1. The van der Waals surface area contributed by atoms with Gasteiger partial charge < -0.3 is 10.2 Å². The summed E-state index contributed by atoms with van der Waals surface area (Å²) in [5, 5.41) is 2.47. The Morgan fingerprint density at radius 3 is 2.67 bits per heavy atom. The molecule has 1 aromatic rings. The number of nitrogens with zero attached hydrogens (tertiary/aromatic N) is 1. The van der Waals surface area contributed by atoms with Crippen LogP contribution in [0, 0.1) is 6.92 Å². The van der Waals surface area contributed by atoms with Crippen molar-refractivity contribution in [1.82, 2.24) is 5.32 Å². The zero-order chi connectivity index (χ0) is 13.5. The quantitative estimate of drug-likeness (QED) is 0.668. The van der Waals surface area contributed by atoms with Crippen molar-refractivity contribution in [2.45, 2.75) is 13.8 Å². The number of hydrogen-bond acceptors (Lipinski definition) is 2. The van der Waals surface area contributed by atoms with Crippen molar-refractivity contribution in [1.29, 1.82) is 0 Å². The fourth-order valence-corrected chi connectivity index (χ4v) is 1.69. The number of aryl methyl sites for hydroxylation is 1. The predicted octanol–water partition coefficient (Wildman–Crippen LogP) is 1.70. The molecule has 18 heavy (non-hydrogen) atoms. The maximum absolute atomic E-state index is 12.0. The average Bonchev–Trinajstić information content (AvgIpc) is 2.36. The normalized spacial score (nSPS) is 9.94. The van der Waals surface area contributed by atoms with E-state index in [0.717, 1.165) is 11.3 Å². The highest BCUT2D eigenvalue weighted by atomic mass is 35.5. The van der Waals surface area contributed by atoms with Crippen molar-refractivity contribution in [2.75, 3.05) is 23.9 Å². The first-order valence-electron chi connectivity index (χ1n) is 5.82. The molecular formula is C13H17ClN2O2. The lowest BCUT2D eigenvalue weighted by Crippen LogP contribution is -2.43. The van der Waals surface area contributed by atoms with Crippen LogP contribution in [0.1, 0.15) is 12.5 Å². The number of carbonyl (C=O) groups excluding carboxylic acids is 2. The second-order valence-corrected chi connectivity index (χ2v) is 4.21. The number of likely N-dealkylation sites (N-methyl/N-ethyl adjacent to an activating group) is 1. The smallest absolute Gasteiger partial charge is 0.316 e. The van der Waals surface area contributed by atoms with E-state index >= 15 is 0 Å². The molecule has 0 aliphatic heterocycles. The van der Waals surface area contributed by atoms with E-state index in [4.69, 9.17) is 11.6 Å². The molecule has 0 aromatic heterocycles. The molecule has 0 saturated heterocycles. The van der Waals surface area contributed by atoms with Crippen LogP contribution in [0.5, 0.6) is 0 Å². The molecule has 1 aromatic carbocycles. The number of rotatable bonds is 4. The van der Waals surface area contributed by atoms with E-state index in [1.54, 1.807) is 0 Å². The zero-order valence-electron chi connectivity index (χ0n) is 10.6. The highest BCUT2D eigenvalue weighted by Crippen LogP contribution is 2.15. The summed E-state index contributed by atoms with van der Waals surface area (Å²) in [6.45, 7) is 4.50. The molecule has 1 N–H and O–H groups in total. The molecule has 98 valence electrons. The van der Waals surface area contributed by atoms with Crippen LogP contribution in [0.25, 0.3) is 0 Å². The molecule has 0 saturated carbocycles. The minimum atomic E-state index is -0.626. The van der Waals surface area contributed by atoms with E-state index in [9.17, 15) is 9.59 Å². The summed E-state index contributed by atoms with van der Waals surface area (Å²) in [6, 6.07) is 7.48. The van der Waals surface area contributed by atoms with Gasteiger partial charge in [0.2, 0.25) is 0 Å². The summed E-state index contributed by atoms with van der Waals surface area (Å²) < 4.78 is 0. The van der Waals surface area contributed by atoms with Crippen molar-refractivity contribution in [3.8, 4) is 0 Å². The molecular weight excluding hydrogens is 252 g/mol. The molecule has 0 aliphatic rings. The van der Waals surface area contributed by atoms with Gasteiger partial charge in [-0.05, 0) is 31.5 Å². The number of anilines is 1. The highest BCUT2D eigenvalue weighted by Gasteiger charge is 2.21. The second-order valence-electron chi connectivity index (χ2n) is 3.83. The molecule has 0 unspecified atom stereocenters. The lowest BCUT2D eigenvalue weighted by Gasteiger charge is -2.20. The van der Waals surface area contributed by atoms with Crippen LogP contribution >= 0.6 is 11.6 Å². The largest absolute Gasteiger partial charge is 0.347 e. The third kappa shape index (κ3) is 3.74. The molecule has 0 spiro atoms. The summed E-state index contributed by atoms with van der Waals surface area (Å²) in [4.78, 5) is 25.0. The Balaban J connectivity index is 2.83. The average molecular weight is 269 g/mol. The van der Waals surface area contributed by atoms with E-state index in [1.165, 1.54) is 4.90 Å². The van der Waals surface area contributed by atoms with Gasteiger partial charge in [0, 0.05) is 24.7 Å². The highest BCUT2D eigenvalue weighted by molar-refractivity contribution is 6.40. The maximum atomic E-state index is 12.0. The lowest BCUT2D eigenvalue weighted by molar-refractivity contribution is -0.137. The minimum absolute atomic E-state index is 0.287. The fraction of sp³-hybridized carbons (Fsp3) is 0.385. The van der Waals surface area contributed by atoms with Gasteiger partial charge in [0.05, 0.1) is 0 Å². The molecule has 2 amide bonds. The van der Waals surface area contributed by atoms with Gasteiger partial charge in [-0.25, -0.2) is 0 Å². The number of benzene rings is 1. The maximum Gasteiger partial charge on any atom is 0.316 e. The third-order valence-corrected chi connectivity index (χ3v) is 2.64. The number of alkyl halides is 1. The summed E-state index contributed by atoms with van der Waals surface area (Å²) in [7, 11) is 0. The number of carbonyl (C=O) groups is 2. The molecule has 0 aliphatic carbocycles. The van der Waals surface area contributed by atoms with Gasteiger partial charge in [-0.2, -0.15) is 0 Å². The van der Waals surface area contributed by atoms with Crippen molar-refractivity contribution in [3.63, 3.8) is 0 Å². The van der Waals surface area contributed by atoms with E-state index in [-0.39, 0.29) is 12.4 Å². The monoisotopic (exact) mass is 268 g/mol.